The number of hydrogen-bond acceptors (Lipinski definition) is 2. The third kappa shape index (κ3) is 1.40. The summed E-state index contributed by atoms with van der Waals surface area (Å²) in [5.74, 6) is 0.184. The van der Waals surface area contributed by atoms with Crippen LogP contribution in [0.5, 0.6) is 5.75 Å². The van der Waals surface area contributed by atoms with E-state index in [1.165, 1.54) is 11.8 Å². The van der Waals surface area contributed by atoms with E-state index >= 15 is 0 Å². The minimum absolute atomic E-state index is 0.184. The number of rotatable bonds is 1. The highest BCUT2D eigenvalue weighted by Crippen LogP contribution is 2.25. The Bertz CT molecular complexity index is 403. The van der Waals surface area contributed by atoms with Crippen molar-refractivity contribution in [2.75, 3.05) is 0 Å². The first-order valence-electron chi connectivity index (χ1n) is 4.07. The largest absolute Gasteiger partial charge is 0.504 e. The molecule has 0 bridgehead atoms. The molecule has 0 saturated carbocycles. The molecule has 0 unspecified atom stereocenters. The summed E-state index contributed by atoms with van der Waals surface area (Å²) in [7, 11) is 0. The molecule has 0 spiro atoms. The number of nitrogens with one attached hydrogen (secondary N) is 1. The maximum Gasteiger partial charge on any atom is 0.161 e. The van der Waals surface area contributed by atoms with Crippen LogP contribution in [0.25, 0.3) is 11.3 Å². The van der Waals surface area contributed by atoms with E-state index in [0.29, 0.717) is 5.69 Å². The van der Waals surface area contributed by atoms with Crippen LogP contribution in [0.2, 0.25) is 0 Å². The van der Waals surface area contributed by atoms with Gasteiger partial charge in [-0.2, -0.15) is 5.10 Å². The van der Waals surface area contributed by atoms with Gasteiger partial charge in [0, 0.05) is 5.56 Å². The predicted octanol–water partition coefficient (Wildman–Crippen LogP) is 2.09. The number of aromatic hydroxyl groups is 1. The summed E-state index contributed by atoms with van der Waals surface area (Å²) in [5, 5.41) is 15.9. The van der Waals surface area contributed by atoms with Crippen LogP contribution in [0.15, 0.2) is 30.5 Å². The third-order valence-electron chi connectivity index (χ3n) is 1.96. The van der Waals surface area contributed by atoms with Crippen LogP contribution < -0.4 is 0 Å². The van der Waals surface area contributed by atoms with E-state index in [4.69, 9.17) is 0 Å². The van der Waals surface area contributed by atoms with Crippen molar-refractivity contribution in [1.29, 1.82) is 0 Å². The minimum Gasteiger partial charge on any atom is -0.504 e. The summed E-state index contributed by atoms with van der Waals surface area (Å²) in [6, 6.07) is 7.89. The highest BCUT2D eigenvalue weighted by Gasteiger charge is 2.04. The molecule has 0 aliphatic carbocycles. The SMILES string of the molecule is Cc1ccc(-c2[nH]ncc2O)cc1. The molecule has 1 heterocycles. The van der Waals surface area contributed by atoms with E-state index in [-0.39, 0.29) is 5.75 Å². The van der Waals surface area contributed by atoms with Crippen molar-refractivity contribution < 1.29 is 5.11 Å². The number of H-pyrrole nitrogens is 1. The van der Waals surface area contributed by atoms with Gasteiger partial charge in [0.1, 0.15) is 5.69 Å². The van der Waals surface area contributed by atoms with Crippen LogP contribution in [0.3, 0.4) is 0 Å². The summed E-state index contributed by atoms with van der Waals surface area (Å²) in [4.78, 5) is 0. The Hall–Kier alpha value is -1.77. The molecule has 0 radical (unpaired) electrons. The lowest BCUT2D eigenvalue weighted by Gasteiger charge is -1.98. The number of aromatic nitrogens is 2. The molecule has 2 rings (SSSR count). The van der Waals surface area contributed by atoms with Gasteiger partial charge in [-0.15, -0.1) is 0 Å². The fourth-order valence-electron chi connectivity index (χ4n) is 1.21. The third-order valence-corrected chi connectivity index (χ3v) is 1.96. The summed E-state index contributed by atoms with van der Waals surface area (Å²) in [5.41, 5.74) is 2.81. The molecule has 0 saturated heterocycles. The maximum absolute atomic E-state index is 9.38. The minimum atomic E-state index is 0.184. The molecule has 0 aliphatic rings. The monoisotopic (exact) mass is 174 g/mol. The average molecular weight is 174 g/mol. The molecule has 13 heavy (non-hydrogen) atoms. The molecule has 0 amide bonds. The fourth-order valence-corrected chi connectivity index (χ4v) is 1.21. The van der Waals surface area contributed by atoms with Gasteiger partial charge < -0.3 is 5.11 Å². The van der Waals surface area contributed by atoms with Crippen molar-refractivity contribution in [3.63, 3.8) is 0 Å². The Balaban J connectivity index is 2.47. The molecular weight excluding hydrogens is 164 g/mol. The summed E-state index contributed by atoms with van der Waals surface area (Å²) in [6.45, 7) is 2.02. The van der Waals surface area contributed by atoms with Crippen molar-refractivity contribution in [2.45, 2.75) is 6.92 Å². The first kappa shape index (κ1) is 7.86. The average Bonchev–Trinajstić information content (AvgIpc) is 2.53. The van der Waals surface area contributed by atoms with Crippen molar-refractivity contribution >= 4 is 0 Å². The van der Waals surface area contributed by atoms with Crippen molar-refractivity contribution in [1.82, 2.24) is 10.2 Å². The lowest BCUT2D eigenvalue weighted by atomic mass is 10.1. The van der Waals surface area contributed by atoms with Crippen molar-refractivity contribution in [2.24, 2.45) is 0 Å². The Morgan fingerprint density at radius 3 is 2.46 bits per heavy atom. The summed E-state index contributed by atoms with van der Waals surface area (Å²) >= 11 is 0. The topological polar surface area (TPSA) is 48.9 Å². The van der Waals surface area contributed by atoms with Gasteiger partial charge in [-0.25, -0.2) is 0 Å². The Labute approximate surface area is 76.0 Å². The zero-order valence-corrected chi connectivity index (χ0v) is 7.28. The van der Waals surface area contributed by atoms with Crippen molar-refractivity contribution in [3.05, 3.63) is 36.0 Å². The van der Waals surface area contributed by atoms with Crippen LogP contribution >= 0.6 is 0 Å². The van der Waals surface area contributed by atoms with Crippen LogP contribution in [0.1, 0.15) is 5.56 Å². The molecule has 0 aliphatic heterocycles. The molecule has 2 N–H and O–H groups in total. The van der Waals surface area contributed by atoms with Crippen LogP contribution in [-0.2, 0) is 0 Å². The molecule has 3 heteroatoms. The number of nitrogens with zero attached hydrogens (tertiary/aromatic N) is 1. The van der Waals surface area contributed by atoms with Gasteiger partial charge >= 0.3 is 0 Å². The second-order valence-electron chi connectivity index (χ2n) is 3.00. The van der Waals surface area contributed by atoms with E-state index in [1.807, 2.05) is 31.2 Å². The highest BCUT2D eigenvalue weighted by atomic mass is 16.3. The van der Waals surface area contributed by atoms with E-state index in [2.05, 4.69) is 10.2 Å². The lowest BCUT2D eigenvalue weighted by molar-refractivity contribution is 0.477. The highest BCUT2D eigenvalue weighted by molar-refractivity contribution is 5.65. The van der Waals surface area contributed by atoms with Crippen molar-refractivity contribution in [3.8, 4) is 17.0 Å². The summed E-state index contributed by atoms with van der Waals surface area (Å²) < 4.78 is 0. The standard InChI is InChI=1S/C10H10N2O/c1-7-2-4-8(5-3-7)10-9(13)6-11-12-10/h2-6,13H,1H3,(H,11,12). The molecule has 0 atom stereocenters. The number of aromatic amines is 1. The molecule has 66 valence electrons. The maximum atomic E-state index is 9.38. The fraction of sp³-hybridized carbons (Fsp3) is 0.100. The number of hydrogen-bond donors (Lipinski definition) is 2. The normalized spacial score (nSPS) is 10.2. The molecule has 1 aromatic carbocycles. The van der Waals surface area contributed by atoms with E-state index in [0.717, 1.165) is 5.56 Å². The number of benzene rings is 1. The van der Waals surface area contributed by atoms with E-state index < -0.39 is 0 Å². The number of aryl methyl sites for hydroxylation is 1. The first-order chi connectivity index (χ1) is 6.27. The van der Waals surface area contributed by atoms with Crippen LogP contribution in [-0.4, -0.2) is 15.3 Å². The molecule has 2 aromatic rings. The van der Waals surface area contributed by atoms with Gasteiger partial charge in [0.15, 0.2) is 5.75 Å². The van der Waals surface area contributed by atoms with Gasteiger partial charge in [0.25, 0.3) is 0 Å². The second kappa shape index (κ2) is 2.94. The lowest BCUT2D eigenvalue weighted by Crippen LogP contribution is -1.79. The van der Waals surface area contributed by atoms with Gasteiger partial charge in [-0.3, -0.25) is 5.10 Å². The van der Waals surface area contributed by atoms with Crippen LogP contribution in [0.4, 0.5) is 0 Å². The molecule has 0 fully saturated rings. The Kier molecular flexibility index (Phi) is 1.77. The van der Waals surface area contributed by atoms with Gasteiger partial charge in [-0.1, -0.05) is 29.8 Å². The van der Waals surface area contributed by atoms with Gasteiger partial charge in [0.05, 0.1) is 6.20 Å². The molecule has 3 nitrogen and oxygen atoms in total. The van der Waals surface area contributed by atoms with E-state index in [9.17, 15) is 5.11 Å². The summed E-state index contributed by atoms with van der Waals surface area (Å²) in [6.07, 6.45) is 1.40. The zero-order valence-electron chi connectivity index (χ0n) is 7.28. The smallest absolute Gasteiger partial charge is 0.161 e. The van der Waals surface area contributed by atoms with Gasteiger partial charge in [0.2, 0.25) is 0 Å². The quantitative estimate of drug-likeness (QED) is 0.695. The molecule has 1 aromatic heterocycles. The first-order valence-corrected chi connectivity index (χ1v) is 4.07. The predicted molar refractivity (Wildman–Crippen MR) is 50.4 cm³/mol. The van der Waals surface area contributed by atoms with Gasteiger partial charge in [-0.05, 0) is 6.92 Å². The Morgan fingerprint density at radius 1 is 1.23 bits per heavy atom. The Morgan fingerprint density at radius 2 is 1.92 bits per heavy atom. The van der Waals surface area contributed by atoms with Crippen LogP contribution in [0, 0.1) is 6.92 Å². The zero-order chi connectivity index (χ0) is 9.26. The molecular formula is C10H10N2O. The van der Waals surface area contributed by atoms with E-state index in [1.54, 1.807) is 0 Å². The second-order valence-corrected chi connectivity index (χ2v) is 3.00.